The Kier molecular flexibility index (Phi) is 6.20. The number of non-ortho nitro benzene ring substituents is 1. The van der Waals surface area contributed by atoms with E-state index in [4.69, 9.17) is 9.47 Å². The molecule has 0 amide bonds. The maximum atomic E-state index is 13.0. The smallest absolute Gasteiger partial charge is 0.269 e. The lowest BCUT2D eigenvalue weighted by Gasteiger charge is -2.17. The second-order valence-electron chi connectivity index (χ2n) is 7.30. The second-order valence-corrected chi connectivity index (χ2v) is 10.4. The molecule has 0 N–H and O–H groups in total. The van der Waals surface area contributed by atoms with E-state index in [-0.39, 0.29) is 22.8 Å². The van der Waals surface area contributed by atoms with Gasteiger partial charge in [0, 0.05) is 44.3 Å². The first kappa shape index (κ1) is 23.5. The van der Waals surface area contributed by atoms with Crippen LogP contribution in [0.3, 0.4) is 0 Å². The van der Waals surface area contributed by atoms with Gasteiger partial charge in [-0.2, -0.15) is 9.61 Å². The van der Waals surface area contributed by atoms with Crippen molar-refractivity contribution >= 4 is 32.0 Å². The van der Waals surface area contributed by atoms with E-state index in [1.165, 1.54) is 62.4 Å². The summed E-state index contributed by atoms with van der Waals surface area (Å²) in [4.78, 5) is 11.0. The number of fused-ring (bicyclic) bond motifs is 1. The van der Waals surface area contributed by atoms with Crippen molar-refractivity contribution < 1.29 is 22.8 Å². The molecule has 2 aromatic carbocycles. The molecule has 0 saturated heterocycles. The zero-order valence-corrected chi connectivity index (χ0v) is 20.3. The topological polar surface area (TPSA) is 142 Å². The van der Waals surface area contributed by atoms with Crippen molar-refractivity contribution in [2.45, 2.75) is 11.3 Å². The van der Waals surface area contributed by atoms with Crippen LogP contribution in [0.15, 0.2) is 41.3 Å². The zero-order valence-electron chi connectivity index (χ0n) is 18.6. The first-order valence-corrected chi connectivity index (χ1v) is 12.0. The highest BCUT2D eigenvalue weighted by Gasteiger charge is 2.26. The third-order valence-electron chi connectivity index (χ3n) is 5.05. The molecule has 2 heterocycles. The molecule has 178 valence electrons. The minimum Gasteiger partial charge on any atom is -0.493 e. The number of sulfonamides is 1. The molecular formula is C20H20N6O6S2. The number of nitro groups is 1. The molecule has 14 heteroatoms. The molecule has 34 heavy (non-hydrogen) atoms. The normalized spacial score (nSPS) is 11.8. The first-order valence-electron chi connectivity index (χ1n) is 9.79. The molecule has 0 aliphatic heterocycles. The third kappa shape index (κ3) is 4.18. The van der Waals surface area contributed by atoms with Crippen LogP contribution in [0.5, 0.6) is 11.5 Å². The molecule has 4 aromatic rings. The van der Waals surface area contributed by atoms with Crippen LogP contribution >= 0.6 is 11.3 Å². The van der Waals surface area contributed by atoms with Crippen molar-refractivity contribution in [3.05, 3.63) is 57.9 Å². The van der Waals surface area contributed by atoms with Gasteiger partial charge in [0.1, 0.15) is 5.01 Å². The Hall–Kier alpha value is -3.62. The molecule has 12 nitrogen and oxygen atoms in total. The van der Waals surface area contributed by atoms with Crippen molar-refractivity contribution in [1.82, 2.24) is 24.1 Å². The maximum absolute atomic E-state index is 13.0. The number of ether oxygens (including phenoxy) is 2. The summed E-state index contributed by atoms with van der Waals surface area (Å²) in [5.74, 6) is 1.08. The van der Waals surface area contributed by atoms with Crippen molar-refractivity contribution in [3.63, 3.8) is 0 Å². The average Bonchev–Trinajstić information content (AvgIpc) is 3.40. The van der Waals surface area contributed by atoms with E-state index in [0.717, 1.165) is 4.31 Å². The molecule has 0 aliphatic rings. The highest BCUT2D eigenvalue weighted by molar-refractivity contribution is 7.89. The first-order chi connectivity index (χ1) is 16.1. The van der Waals surface area contributed by atoms with Gasteiger partial charge in [0.05, 0.1) is 24.0 Å². The van der Waals surface area contributed by atoms with Gasteiger partial charge in [-0.3, -0.25) is 10.1 Å². The maximum Gasteiger partial charge on any atom is 0.269 e. The number of aromatic nitrogens is 4. The van der Waals surface area contributed by atoms with E-state index < -0.39 is 14.9 Å². The number of methoxy groups -OCH3 is 2. The lowest BCUT2D eigenvalue weighted by atomic mass is 10.1. The predicted octanol–water partition coefficient (Wildman–Crippen LogP) is 2.62. The summed E-state index contributed by atoms with van der Waals surface area (Å²) in [6.07, 6.45) is 0.105. The van der Waals surface area contributed by atoms with Crippen molar-refractivity contribution in [2.75, 3.05) is 28.3 Å². The molecule has 0 fully saturated rings. The highest BCUT2D eigenvalue weighted by Crippen LogP contribution is 2.35. The van der Waals surface area contributed by atoms with Gasteiger partial charge in [-0.15, -0.1) is 10.2 Å². The molecule has 0 aliphatic carbocycles. The molecule has 0 unspecified atom stereocenters. The molecule has 0 atom stereocenters. The number of hydrogen-bond acceptors (Lipinski definition) is 10. The monoisotopic (exact) mass is 504 g/mol. The van der Waals surface area contributed by atoms with Gasteiger partial charge in [-0.25, -0.2) is 12.7 Å². The Balaban J connectivity index is 1.77. The summed E-state index contributed by atoms with van der Waals surface area (Å²) >= 11 is 1.26. The second kappa shape index (κ2) is 8.96. The van der Waals surface area contributed by atoms with Crippen LogP contribution in [-0.4, -0.2) is 65.8 Å². The van der Waals surface area contributed by atoms with Crippen LogP contribution < -0.4 is 9.47 Å². The fourth-order valence-electron chi connectivity index (χ4n) is 3.26. The van der Waals surface area contributed by atoms with E-state index in [1.54, 1.807) is 18.2 Å². The number of nitrogens with zero attached hydrogens (tertiary/aromatic N) is 6. The Morgan fingerprint density at radius 2 is 1.74 bits per heavy atom. The quantitative estimate of drug-likeness (QED) is 0.261. The average molecular weight is 505 g/mol. The summed E-state index contributed by atoms with van der Waals surface area (Å²) in [6, 6.07) is 9.05. The van der Waals surface area contributed by atoms with Crippen LogP contribution in [0.4, 0.5) is 5.69 Å². The third-order valence-corrected chi connectivity index (χ3v) is 7.90. The van der Waals surface area contributed by atoms with Crippen molar-refractivity contribution in [1.29, 1.82) is 0 Å². The summed E-state index contributed by atoms with van der Waals surface area (Å²) < 4.78 is 39.3. The molecular weight excluding hydrogens is 484 g/mol. The number of rotatable bonds is 8. The SMILES string of the molecule is COc1cc(Cc2nnc3sc(-c4ccc([N+](=O)[O-])cc4)nn23)c(S(=O)(=O)N(C)C)cc1OC. The van der Waals surface area contributed by atoms with Gasteiger partial charge in [0.2, 0.25) is 15.0 Å². The highest BCUT2D eigenvalue weighted by atomic mass is 32.2. The fraction of sp³-hybridized carbons (Fsp3) is 0.250. The van der Waals surface area contributed by atoms with E-state index in [1.807, 2.05) is 0 Å². The summed E-state index contributed by atoms with van der Waals surface area (Å²) in [5.41, 5.74) is 1.11. The van der Waals surface area contributed by atoms with Gasteiger partial charge in [-0.05, 0) is 23.8 Å². The Morgan fingerprint density at radius 3 is 2.32 bits per heavy atom. The summed E-state index contributed by atoms with van der Waals surface area (Å²) in [6.45, 7) is 0. The van der Waals surface area contributed by atoms with E-state index in [2.05, 4.69) is 15.3 Å². The summed E-state index contributed by atoms with van der Waals surface area (Å²) in [7, 11) is 1.99. The summed E-state index contributed by atoms with van der Waals surface area (Å²) in [5, 5.41) is 24.4. The van der Waals surface area contributed by atoms with E-state index in [9.17, 15) is 18.5 Å². The van der Waals surface area contributed by atoms with Gasteiger partial charge in [-0.1, -0.05) is 11.3 Å². The molecule has 0 radical (unpaired) electrons. The zero-order chi connectivity index (χ0) is 24.6. The fourth-order valence-corrected chi connectivity index (χ4v) is 5.23. The van der Waals surface area contributed by atoms with Gasteiger partial charge in [0.25, 0.3) is 5.69 Å². The van der Waals surface area contributed by atoms with Crippen molar-refractivity contribution in [2.24, 2.45) is 0 Å². The number of hydrogen-bond donors (Lipinski definition) is 0. The van der Waals surface area contributed by atoms with Gasteiger partial charge >= 0.3 is 0 Å². The van der Waals surface area contributed by atoms with E-state index in [0.29, 0.717) is 32.7 Å². The van der Waals surface area contributed by atoms with Crippen LogP contribution in [0.1, 0.15) is 11.4 Å². The minimum atomic E-state index is -3.80. The largest absolute Gasteiger partial charge is 0.493 e. The molecule has 0 spiro atoms. The van der Waals surface area contributed by atoms with Crippen LogP contribution in [-0.2, 0) is 16.4 Å². The number of nitro benzene ring substituents is 1. The van der Waals surface area contributed by atoms with Crippen LogP contribution in [0, 0.1) is 10.1 Å². The van der Waals surface area contributed by atoms with Crippen LogP contribution in [0.25, 0.3) is 15.5 Å². The lowest BCUT2D eigenvalue weighted by Crippen LogP contribution is -2.23. The van der Waals surface area contributed by atoms with E-state index >= 15 is 0 Å². The Bertz CT molecular complexity index is 1480. The predicted molar refractivity (Wildman–Crippen MR) is 124 cm³/mol. The molecule has 0 bridgehead atoms. The Labute approximate surface area is 198 Å². The Morgan fingerprint density at radius 1 is 1.09 bits per heavy atom. The van der Waals surface area contributed by atoms with Gasteiger partial charge < -0.3 is 9.47 Å². The van der Waals surface area contributed by atoms with Crippen LogP contribution in [0.2, 0.25) is 0 Å². The number of benzene rings is 2. The molecule has 2 aromatic heterocycles. The lowest BCUT2D eigenvalue weighted by molar-refractivity contribution is -0.384. The molecule has 4 rings (SSSR count). The van der Waals surface area contributed by atoms with Gasteiger partial charge in [0.15, 0.2) is 17.3 Å². The molecule has 0 saturated carbocycles. The minimum absolute atomic E-state index is 0.0180. The standard InChI is InChI=1S/C20H20N6O6S2/c1-24(2)34(29,30)17-11-16(32-4)15(31-3)9-13(17)10-18-21-22-20-25(18)23-19(33-20)12-5-7-14(8-6-12)26(27)28/h5-9,11H,10H2,1-4H3. The van der Waals surface area contributed by atoms with Crippen molar-refractivity contribution in [3.8, 4) is 22.1 Å².